The minimum atomic E-state index is -1.05. The second-order valence-electron chi connectivity index (χ2n) is 4.45. The molecule has 0 aliphatic rings. The third kappa shape index (κ3) is 2.00. The molecule has 0 bridgehead atoms. The molecule has 15 heavy (non-hydrogen) atoms. The van der Waals surface area contributed by atoms with Gasteiger partial charge in [0.15, 0.2) is 5.54 Å². The van der Waals surface area contributed by atoms with E-state index in [0.29, 0.717) is 11.6 Å². The maximum Gasteiger partial charge on any atom is 0.331 e. The smallest absolute Gasteiger partial charge is 0.331 e. The lowest BCUT2D eigenvalue weighted by atomic mass is 10.1. The molecule has 0 amide bonds. The molecule has 0 radical (unpaired) electrons. The van der Waals surface area contributed by atoms with E-state index in [-0.39, 0.29) is 5.92 Å². The minimum absolute atomic E-state index is 0.157. The van der Waals surface area contributed by atoms with Crippen molar-refractivity contribution in [1.29, 1.82) is 0 Å². The summed E-state index contributed by atoms with van der Waals surface area (Å²) in [7, 11) is 0. The molecule has 5 heteroatoms. The molecule has 1 aromatic heterocycles. The summed E-state index contributed by atoms with van der Waals surface area (Å²) in [4.78, 5) is 15.4. The Morgan fingerprint density at radius 1 is 1.47 bits per heavy atom. The number of carboxylic acid groups (broad SMARTS) is 1. The second-order valence-corrected chi connectivity index (χ2v) is 4.45. The number of hydrogen-bond acceptors (Lipinski definition) is 3. The van der Waals surface area contributed by atoms with Gasteiger partial charge in [0.05, 0.1) is 0 Å². The van der Waals surface area contributed by atoms with Crippen molar-refractivity contribution in [2.75, 3.05) is 0 Å². The highest BCUT2D eigenvalue weighted by Gasteiger charge is 2.33. The minimum Gasteiger partial charge on any atom is -0.479 e. The maximum absolute atomic E-state index is 11.1. The van der Waals surface area contributed by atoms with Gasteiger partial charge in [-0.05, 0) is 20.8 Å². The Morgan fingerprint density at radius 3 is 2.40 bits per heavy atom. The number of aliphatic carboxylic acids is 1. The van der Waals surface area contributed by atoms with Crippen LogP contribution < -0.4 is 0 Å². The number of aryl methyl sites for hydroxylation is 1. The summed E-state index contributed by atoms with van der Waals surface area (Å²) in [6.07, 6.45) is 0. The molecule has 1 heterocycles. The highest BCUT2D eigenvalue weighted by Crippen LogP contribution is 2.21. The Balaban J connectivity index is 3.30. The molecule has 0 spiro atoms. The number of rotatable bonds is 3. The lowest BCUT2D eigenvalue weighted by molar-refractivity contribution is -0.146. The van der Waals surface area contributed by atoms with Crippen LogP contribution >= 0.6 is 0 Å². The van der Waals surface area contributed by atoms with Gasteiger partial charge in [0.1, 0.15) is 11.6 Å². The Morgan fingerprint density at radius 2 is 2.00 bits per heavy atom. The predicted octanol–water partition coefficient (Wildman–Crippen LogP) is 1.53. The summed E-state index contributed by atoms with van der Waals surface area (Å²) in [5.74, 6) is 0.562. The number of carboxylic acids is 1. The Kier molecular flexibility index (Phi) is 2.83. The van der Waals surface area contributed by atoms with Crippen LogP contribution in [-0.4, -0.2) is 25.8 Å². The highest BCUT2D eigenvalue weighted by molar-refractivity contribution is 5.75. The van der Waals surface area contributed by atoms with Gasteiger partial charge in [-0.3, -0.25) is 0 Å². The van der Waals surface area contributed by atoms with E-state index in [1.165, 1.54) is 4.68 Å². The molecule has 5 nitrogen and oxygen atoms in total. The first kappa shape index (κ1) is 11.7. The molecular formula is C10H17N3O2. The van der Waals surface area contributed by atoms with Crippen molar-refractivity contribution in [1.82, 2.24) is 14.8 Å². The molecule has 0 fully saturated rings. The second kappa shape index (κ2) is 3.64. The fourth-order valence-electron chi connectivity index (χ4n) is 1.31. The van der Waals surface area contributed by atoms with Gasteiger partial charge in [-0.2, -0.15) is 5.10 Å². The van der Waals surface area contributed by atoms with Crippen molar-refractivity contribution in [3.63, 3.8) is 0 Å². The third-order valence-corrected chi connectivity index (χ3v) is 2.31. The molecule has 0 unspecified atom stereocenters. The average molecular weight is 211 g/mol. The van der Waals surface area contributed by atoms with Crippen LogP contribution in [0.3, 0.4) is 0 Å². The third-order valence-electron chi connectivity index (χ3n) is 2.31. The Bertz CT molecular complexity index is 380. The van der Waals surface area contributed by atoms with Crippen LogP contribution in [0.5, 0.6) is 0 Å². The first-order valence-electron chi connectivity index (χ1n) is 4.94. The first-order valence-corrected chi connectivity index (χ1v) is 4.94. The quantitative estimate of drug-likeness (QED) is 0.823. The van der Waals surface area contributed by atoms with E-state index in [9.17, 15) is 4.79 Å². The zero-order valence-electron chi connectivity index (χ0n) is 9.77. The van der Waals surface area contributed by atoms with Crippen molar-refractivity contribution in [3.05, 3.63) is 11.6 Å². The molecule has 1 N–H and O–H groups in total. The molecular weight excluding hydrogens is 194 g/mol. The van der Waals surface area contributed by atoms with Gasteiger partial charge >= 0.3 is 5.97 Å². The predicted molar refractivity (Wildman–Crippen MR) is 55.8 cm³/mol. The highest BCUT2D eigenvalue weighted by atomic mass is 16.4. The number of aromatic nitrogens is 3. The van der Waals surface area contributed by atoms with Gasteiger partial charge in [-0.25, -0.2) is 14.5 Å². The summed E-state index contributed by atoms with van der Waals surface area (Å²) in [5, 5.41) is 13.3. The maximum atomic E-state index is 11.1. The summed E-state index contributed by atoms with van der Waals surface area (Å²) >= 11 is 0. The molecule has 0 atom stereocenters. The number of hydrogen-bond donors (Lipinski definition) is 1. The summed E-state index contributed by atoms with van der Waals surface area (Å²) < 4.78 is 1.50. The van der Waals surface area contributed by atoms with Gasteiger partial charge in [0.2, 0.25) is 0 Å². The first-order chi connectivity index (χ1) is 6.76. The standard InChI is InChI=1S/C10H17N3O2/c1-6(2)8-11-7(3)12-13(8)10(4,5)9(14)15/h6H,1-5H3,(H,14,15). The Labute approximate surface area is 89.1 Å². The van der Waals surface area contributed by atoms with Crippen molar-refractivity contribution >= 4 is 5.97 Å². The average Bonchev–Trinajstić information content (AvgIpc) is 2.47. The summed E-state index contributed by atoms with van der Waals surface area (Å²) in [6.45, 7) is 8.95. The molecule has 0 saturated carbocycles. The van der Waals surface area contributed by atoms with Crippen LogP contribution in [0.2, 0.25) is 0 Å². The molecule has 1 aromatic rings. The van der Waals surface area contributed by atoms with E-state index >= 15 is 0 Å². The molecule has 84 valence electrons. The van der Waals surface area contributed by atoms with Crippen LogP contribution in [0.4, 0.5) is 0 Å². The van der Waals surface area contributed by atoms with E-state index < -0.39 is 11.5 Å². The molecule has 0 aliphatic carbocycles. The van der Waals surface area contributed by atoms with Gasteiger partial charge < -0.3 is 5.11 Å². The molecule has 0 saturated heterocycles. The van der Waals surface area contributed by atoms with Crippen molar-refractivity contribution in [3.8, 4) is 0 Å². The lowest BCUT2D eigenvalue weighted by Crippen LogP contribution is -2.38. The van der Waals surface area contributed by atoms with Gasteiger partial charge in [-0.1, -0.05) is 13.8 Å². The van der Waals surface area contributed by atoms with Crippen molar-refractivity contribution < 1.29 is 9.90 Å². The summed E-state index contributed by atoms with van der Waals surface area (Å²) in [6, 6.07) is 0. The Hall–Kier alpha value is -1.39. The fourth-order valence-corrected chi connectivity index (χ4v) is 1.31. The van der Waals surface area contributed by atoms with Crippen molar-refractivity contribution in [2.24, 2.45) is 0 Å². The largest absolute Gasteiger partial charge is 0.479 e. The van der Waals surface area contributed by atoms with Crippen LogP contribution in [0.15, 0.2) is 0 Å². The van der Waals surface area contributed by atoms with Crippen molar-refractivity contribution in [2.45, 2.75) is 46.1 Å². The molecule has 0 aliphatic heterocycles. The fraction of sp³-hybridized carbons (Fsp3) is 0.700. The normalized spacial score (nSPS) is 12.1. The van der Waals surface area contributed by atoms with Crippen LogP contribution in [0.25, 0.3) is 0 Å². The van der Waals surface area contributed by atoms with Gasteiger partial charge in [0, 0.05) is 5.92 Å². The zero-order chi connectivity index (χ0) is 11.8. The molecule has 0 aromatic carbocycles. The van der Waals surface area contributed by atoms with Crippen LogP contribution in [0.1, 0.15) is 45.3 Å². The topological polar surface area (TPSA) is 68.0 Å². The number of nitrogens with zero attached hydrogens (tertiary/aromatic N) is 3. The van der Waals surface area contributed by atoms with Gasteiger partial charge in [0.25, 0.3) is 0 Å². The van der Waals surface area contributed by atoms with E-state index in [0.717, 1.165) is 0 Å². The van der Waals surface area contributed by atoms with E-state index in [2.05, 4.69) is 10.1 Å². The molecule has 1 rings (SSSR count). The van der Waals surface area contributed by atoms with E-state index in [1.54, 1.807) is 20.8 Å². The van der Waals surface area contributed by atoms with E-state index in [4.69, 9.17) is 5.11 Å². The zero-order valence-corrected chi connectivity index (χ0v) is 9.77. The number of carbonyl (C=O) groups is 1. The SMILES string of the molecule is Cc1nc(C(C)C)n(C(C)(C)C(=O)O)n1. The monoisotopic (exact) mass is 211 g/mol. The lowest BCUT2D eigenvalue weighted by Gasteiger charge is -2.22. The van der Waals surface area contributed by atoms with Gasteiger partial charge in [-0.15, -0.1) is 0 Å². The van der Waals surface area contributed by atoms with Crippen LogP contribution in [0, 0.1) is 6.92 Å². The van der Waals surface area contributed by atoms with Crippen LogP contribution in [-0.2, 0) is 10.3 Å². The summed E-state index contributed by atoms with van der Waals surface area (Å²) in [5.41, 5.74) is -1.05. The van der Waals surface area contributed by atoms with E-state index in [1.807, 2.05) is 13.8 Å².